The molecule has 2 N–H and O–H groups in total. The first kappa shape index (κ1) is 18.5. The molecule has 29 heavy (non-hydrogen) atoms. The quantitative estimate of drug-likeness (QED) is 0.521. The van der Waals surface area contributed by atoms with Gasteiger partial charge in [-0.05, 0) is 43.3 Å². The maximum Gasteiger partial charge on any atom is 0.291 e. The predicted octanol–water partition coefficient (Wildman–Crippen LogP) is 4.59. The third-order valence-electron chi connectivity index (χ3n) is 4.35. The van der Waals surface area contributed by atoms with Crippen LogP contribution in [-0.4, -0.2) is 30.0 Å². The normalized spacial score (nSPS) is 10.7. The van der Waals surface area contributed by atoms with Gasteiger partial charge in [0.15, 0.2) is 5.76 Å². The topological polar surface area (TPSA) is 83.3 Å². The number of benzene rings is 2. The highest BCUT2D eigenvalue weighted by atomic mass is 16.3. The minimum Gasteiger partial charge on any atom is -0.451 e. The number of hydrogen-bond acceptors (Lipinski definition) is 6. The summed E-state index contributed by atoms with van der Waals surface area (Å²) in [4.78, 5) is 23.3. The number of carbonyl (C=O) groups excluding carboxylic acids is 1. The van der Waals surface area contributed by atoms with Gasteiger partial charge in [0.25, 0.3) is 5.91 Å². The van der Waals surface area contributed by atoms with Gasteiger partial charge >= 0.3 is 0 Å². The minimum absolute atomic E-state index is 0.276. The molecule has 7 nitrogen and oxygen atoms in total. The first-order valence-corrected chi connectivity index (χ1v) is 9.18. The van der Waals surface area contributed by atoms with Crippen molar-refractivity contribution >= 4 is 40.0 Å². The number of rotatable bonds is 5. The third kappa shape index (κ3) is 4.19. The molecule has 4 aromatic rings. The highest BCUT2D eigenvalue weighted by Crippen LogP contribution is 2.22. The zero-order valence-corrected chi connectivity index (χ0v) is 16.4. The van der Waals surface area contributed by atoms with Gasteiger partial charge in [-0.25, -0.2) is 4.98 Å². The molecule has 2 aromatic heterocycles. The molecule has 0 bridgehead atoms. The van der Waals surface area contributed by atoms with Gasteiger partial charge in [-0.3, -0.25) is 4.79 Å². The molecule has 0 aliphatic rings. The molecule has 7 heteroatoms. The van der Waals surface area contributed by atoms with E-state index in [9.17, 15) is 4.79 Å². The van der Waals surface area contributed by atoms with E-state index in [1.165, 1.54) is 0 Å². The lowest BCUT2D eigenvalue weighted by molar-refractivity contribution is 0.0998. The van der Waals surface area contributed by atoms with Crippen LogP contribution in [0.25, 0.3) is 11.0 Å². The third-order valence-corrected chi connectivity index (χ3v) is 4.35. The predicted molar refractivity (Wildman–Crippen MR) is 115 cm³/mol. The van der Waals surface area contributed by atoms with Crippen LogP contribution in [0.5, 0.6) is 0 Å². The fourth-order valence-electron chi connectivity index (χ4n) is 2.89. The average Bonchev–Trinajstić information content (AvgIpc) is 3.13. The number of furan rings is 1. The van der Waals surface area contributed by atoms with Gasteiger partial charge in [-0.2, -0.15) is 4.98 Å². The molecule has 0 atom stereocenters. The Morgan fingerprint density at radius 2 is 1.69 bits per heavy atom. The number of aryl methyl sites for hydroxylation is 1. The van der Waals surface area contributed by atoms with Crippen LogP contribution in [-0.2, 0) is 0 Å². The van der Waals surface area contributed by atoms with Crippen LogP contribution in [0.3, 0.4) is 0 Å². The molecule has 1 amide bonds. The lowest BCUT2D eigenvalue weighted by Gasteiger charge is -2.14. The SMILES string of the molecule is Cc1cc(N(C)C)nc(Nc2ccc(NC(=O)c3cc4ccccc4o3)cc2)n1. The van der Waals surface area contributed by atoms with Crippen molar-refractivity contribution in [2.75, 3.05) is 29.6 Å². The van der Waals surface area contributed by atoms with Crippen molar-refractivity contribution in [1.82, 2.24) is 9.97 Å². The van der Waals surface area contributed by atoms with Crippen LogP contribution in [0.2, 0.25) is 0 Å². The lowest BCUT2D eigenvalue weighted by atomic mass is 10.2. The summed E-state index contributed by atoms with van der Waals surface area (Å²) in [5, 5.41) is 6.93. The molecule has 0 saturated carbocycles. The van der Waals surface area contributed by atoms with Crippen LogP contribution >= 0.6 is 0 Å². The Bertz CT molecular complexity index is 1130. The second-order valence-corrected chi connectivity index (χ2v) is 6.89. The van der Waals surface area contributed by atoms with Crippen LogP contribution in [0.4, 0.5) is 23.1 Å². The van der Waals surface area contributed by atoms with E-state index in [0.29, 0.717) is 17.2 Å². The zero-order chi connectivity index (χ0) is 20.4. The summed E-state index contributed by atoms with van der Waals surface area (Å²) >= 11 is 0. The van der Waals surface area contributed by atoms with E-state index in [-0.39, 0.29) is 11.7 Å². The lowest BCUT2D eigenvalue weighted by Crippen LogP contribution is -2.12. The van der Waals surface area contributed by atoms with E-state index in [1.807, 2.05) is 80.5 Å². The number of carbonyl (C=O) groups is 1. The Morgan fingerprint density at radius 1 is 0.966 bits per heavy atom. The van der Waals surface area contributed by atoms with Crippen molar-refractivity contribution in [1.29, 1.82) is 0 Å². The summed E-state index contributed by atoms with van der Waals surface area (Å²) in [6, 6.07) is 18.5. The Labute approximate surface area is 168 Å². The average molecular weight is 387 g/mol. The summed E-state index contributed by atoms with van der Waals surface area (Å²) in [6.07, 6.45) is 0. The Hall–Kier alpha value is -3.87. The van der Waals surface area contributed by atoms with Crippen molar-refractivity contribution in [2.24, 2.45) is 0 Å². The molecule has 0 aliphatic heterocycles. The number of amides is 1. The largest absolute Gasteiger partial charge is 0.451 e. The van der Waals surface area contributed by atoms with E-state index in [1.54, 1.807) is 6.07 Å². The summed E-state index contributed by atoms with van der Waals surface area (Å²) in [6.45, 7) is 1.93. The van der Waals surface area contributed by atoms with Crippen molar-refractivity contribution < 1.29 is 9.21 Å². The molecule has 0 unspecified atom stereocenters. The molecule has 146 valence electrons. The smallest absolute Gasteiger partial charge is 0.291 e. The maximum atomic E-state index is 12.5. The number of hydrogen-bond donors (Lipinski definition) is 2. The summed E-state index contributed by atoms with van der Waals surface area (Å²) < 4.78 is 5.60. The van der Waals surface area contributed by atoms with E-state index in [2.05, 4.69) is 20.6 Å². The summed E-state index contributed by atoms with van der Waals surface area (Å²) in [5.74, 6) is 1.33. The summed E-state index contributed by atoms with van der Waals surface area (Å²) in [5.41, 5.74) is 3.05. The number of nitrogens with zero attached hydrogens (tertiary/aromatic N) is 3. The van der Waals surface area contributed by atoms with Gasteiger partial charge in [-0.15, -0.1) is 0 Å². The molecule has 0 fully saturated rings. The van der Waals surface area contributed by atoms with Crippen LogP contribution in [0, 0.1) is 6.92 Å². The fourth-order valence-corrected chi connectivity index (χ4v) is 2.89. The molecular weight excluding hydrogens is 366 g/mol. The van der Waals surface area contributed by atoms with E-state index in [0.717, 1.165) is 22.6 Å². The van der Waals surface area contributed by atoms with Crippen LogP contribution in [0.15, 0.2) is 65.1 Å². The van der Waals surface area contributed by atoms with Crippen LogP contribution < -0.4 is 15.5 Å². The number of fused-ring (bicyclic) bond motifs is 1. The van der Waals surface area contributed by atoms with E-state index < -0.39 is 0 Å². The van der Waals surface area contributed by atoms with Gasteiger partial charge in [0.05, 0.1) is 0 Å². The van der Waals surface area contributed by atoms with Crippen LogP contribution in [0.1, 0.15) is 16.2 Å². The van der Waals surface area contributed by atoms with Gasteiger partial charge in [0, 0.05) is 42.6 Å². The first-order valence-electron chi connectivity index (χ1n) is 9.18. The second kappa shape index (κ2) is 7.63. The monoisotopic (exact) mass is 387 g/mol. The molecule has 4 rings (SSSR count). The van der Waals surface area contributed by atoms with Crippen molar-refractivity contribution in [3.8, 4) is 0 Å². The highest BCUT2D eigenvalue weighted by molar-refractivity contribution is 6.04. The van der Waals surface area contributed by atoms with Crippen molar-refractivity contribution in [3.05, 3.63) is 72.1 Å². The molecule has 0 spiro atoms. The standard InChI is InChI=1S/C22H21N5O2/c1-14-12-20(27(2)3)26-22(23-14)25-17-10-8-16(9-11-17)24-21(28)19-13-15-6-4-5-7-18(15)29-19/h4-13H,1-3H3,(H,24,28)(H,23,25,26). The van der Waals surface area contributed by atoms with Gasteiger partial charge < -0.3 is 20.0 Å². The molecular formula is C22H21N5O2. The number of para-hydroxylation sites is 1. The Balaban J connectivity index is 1.46. The number of anilines is 4. The van der Waals surface area contributed by atoms with Gasteiger partial charge in [0.1, 0.15) is 11.4 Å². The highest BCUT2D eigenvalue weighted by Gasteiger charge is 2.12. The van der Waals surface area contributed by atoms with Gasteiger partial charge in [0.2, 0.25) is 5.95 Å². The second-order valence-electron chi connectivity index (χ2n) is 6.89. The molecule has 2 heterocycles. The summed E-state index contributed by atoms with van der Waals surface area (Å²) in [7, 11) is 3.87. The van der Waals surface area contributed by atoms with E-state index >= 15 is 0 Å². The molecule has 0 saturated heterocycles. The minimum atomic E-state index is -0.292. The van der Waals surface area contributed by atoms with Crippen molar-refractivity contribution in [3.63, 3.8) is 0 Å². The number of aromatic nitrogens is 2. The molecule has 0 radical (unpaired) electrons. The van der Waals surface area contributed by atoms with Crippen molar-refractivity contribution in [2.45, 2.75) is 6.92 Å². The Morgan fingerprint density at radius 3 is 2.41 bits per heavy atom. The first-order chi connectivity index (χ1) is 14.0. The fraction of sp³-hybridized carbons (Fsp3) is 0.136. The van der Waals surface area contributed by atoms with Gasteiger partial charge in [-0.1, -0.05) is 18.2 Å². The zero-order valence-electron chi connectivity index (χ0n) is 16.4. The van der Waals surface area contributed by atoms with E-state index in [4.69, 9.17) is 4.42 Å². The molecule has 0 aliphatic carbocycles. The number of nitrogens with one attached hydrogen (secondary N) is 2. The maximum absolute atomic E-state index is 12.5. The molecule has 2 aromatic carbocycles. The Kier molecular flexibility index (Phi) is 4.87.